The maximum atomic E-state index is 12.7. The lowest BCUT2D eigenvalue weighted by Crippen LogP contribution is -2.07. The Morgan fingerprint density at radius 1 is 1.12 bits per heavy atom. The number of nitrogens with zero attached hydrogens (tertiary/aromatic N) is 1. The lowest BCUT2D eigenvalue weighted by Gasteiger charge is -2.11. The second-order valence-electron chi connectivity index (χ2n) is 3.32. The standard InChI is InChI=1S/C12H6F4N/c13-8-5-6-11(17-7-8)9-3-1-2-4-10(9)12(14,15)16/h1-3,5-7H. The molecule has 0 aliphatic rings. The van der Waals surface area contributed by atoms with Crippen LogP contribution in [-0.4, -0.2) is 4.98 Å². The summed E-state index contributed by atoms with van der Waals surface area (Å²) in [6.45, 7) is 0. The molecule has 87 valence electrons. The highest BCUT2D eigenvalue weighted by Gasteiger charge is 2.33. The van der Waals surface area contributed by atoms with E-state index in [4.69, 9.17) is 0 Å². The van der Waals surface area contributed by atoms with Crippen molar-refractivity contribution in [1.29, 1.82) is 0 Å². The maximum Gasteiger partial charge on any atom is 0.417 e. The number of aromatic nitrogens is 1. The summed E-state index contributed by atoms with van der Waals surface area (Å²) in [4.78, 5) is 3.63. The van der Waals surface area contributed by atoms with Gasteiger partial charge in [0.15, 0.2) is 0 Å². The number of hydrogen-bond acceptors (Lipinski definition) is 1. The van der Waals surface area contributed by atoms with Crippen molar-refractivity contribution in [2.45, 2.75) is 6.18 Å². The first-order chi connectivity index (χ1) is 7.98. The van der Waals surface area contributed by atoms with E-state index in [1.807, 2.05) is 0 Å². The third-order valence-corrected chi connectivity index (χ3v) is 2.14. The van der Waals surface area contributed by atoms with E-state index in [0.717, 1.165) is 12.3 Å². The molecule has 0 aliphatic carbocycles. The fourth-order valence-corrected chi connectivity index (χ4v) is 1.42. The smallest absolute Gasteiger partial charge is 0.253 e. The van der Waals surface area contributed by atoms with Crippen LogP contribution in [0.25, 0.3) is 11.3 Å². The summed E-state index contributed by atoms with van der Waals surface area (Å²) in [6.07, 6.45) is -3.63. The Kier molecular flexibility index (Phi) is 2.83. The molecule has 1 radical (unpaired) electrons. The van der Waals surface area contributed by atoms with Crippen LogP contribution >= 0.6 is 0 Å². The molecule has 0 atom stereocenters. The average molecular weight is 240 g/mol. The Morgan fingerprint density at radius 3 is 2.47 bits per heavy atom. The van der Waals surface area contributed by atoms with Crippen molar-refractivity contribution in [1.82, 2.24) is 4.98 Å². The lowest BCUT2D eigenvalue weighted by atomic mass is 10.0. The molecule has 0 N–H and O–H groups in total. The predicted octanol–water partition coefficient (Wildman–Crippen LogP) is 3.71. The summed E-state index contributed by atoms with van der Waals surface area (Å²) in [7, 11) is 0. The van der Waals surface area contributed by atoms with Gasteiger partial charge in [0, 0.05) is 5.56 Å². The summed E-state index contributed by atoms with van der Waals surface area (Å²) in [5, 5.41) is 0. The Hall–Kier alpha value is -1.91. The van der Waals surface area contributed by atoms with Gasteiger partial charge in [0.2, 0.25) is 0 Å². The van der Waals surface area contributed by atoms with Crippen molar-refractivity contribution >= 4 is 0 Å². The van der Waals surface area contributed by atoms with Gasteiger partial charge in [0.1, 0.15) is 5.82 Å². The molecule has 1 aromatic heterocycles. The molecule has 1 nitrogen and oxygen atoms in total. The Bertz CT molecular complexity index is 517. The van der Waals surface area contributed by atoms with Gasteiger partial charge in [-0.1, -0.05) is 18.2 Å². The molecule has 1 heterocycles. The topological polar surface area (TPSA) is 12.9 Å². The number of pyridine rings is 1. The molecular formula is C12H6F4N. The Labute approximate surface area is 94.7 Å². The second kappa shape index (κ2) is 4.16. The van der Waals surface area contributed by atoms with Gasteiger partial charge >= 0.3 is 6.18 Å². The highest BCUT2D eigenvalue weighted by Crippen LogP contribution is 2.35. The van der Waals surface area contributed by atoms with Gasteiger partial charge in [-0.25, -0.2) is 4.39 Å². The molecule has 0 aliphatic heterocycles. The molecule has 0 bridgehead atoms. The van der Waals surface area contributed by atoms with Gasteiger partial charge in [0.25, 0.3) is 0 Å². The minimum atomic E-state index is -4.51. The highest BCUT2D eigenvalue weighted by atomic mass is 19.4. The van der Waals surface area contributed by atoms with E-state index in [9.17, 15) is 17.6 Å². The van der Waals surface area contributed by atoms with Gasteiger partial charge < -0.3 is 0 Å². The maximum absolute atomic E-state index is 12.7. The van der Waals surface area contributed by atoms with E-state index in [2.05, 4.69) is 11.1 Å². The first-order valence-electron chi connectivity index (χ1n) is 4.68. The van der Waals surface area contributed by atoms with Gasteiger partial charge in [-0.15, -0.1) is 0 Å². The number of hydrogen-bond donors (Lipinski definition) is 0. The van der Waals surface area contributed by atoms with E-state index in [0.29, 0.717) is 0 Å². The zero-order valence-electron chi connectivity index (χ0n) is 8.42. The van der Waals surface area contributed by atoms with Crippen molar-refractivity contribution < 1.29 is 17.6 Å². The molecule has 0 fully saturated rings. The number of rotatable bonds is 1. The fraction of sp³-hybridized carbons (Fsp3) is 0.0833. The van der Waals surface area contributed by atoms with Crippen molar-refractivity contribution in [2.75, 3.05) is 0 Å². The van der Waals surface area contributed by atoms with Crippen LogP contribution < -0.4 is 0 Å². The normalized spacial score (nSPS) is 11.5. The molecule has 5 heteroatoms. The monoisotopic (exact) mass is 240 g/mol. The van der Waals surface area contributed by atoms with Crippen LogP contribution in [0.2, 0.25) is 0 Å². The Morgan fingerprint density at radius 2 is 1.88 bits per heavy atom. The van der Waals surface area contributed by atoms with E-state index in [1.54, 1.807) is 0 Å². The van der Waals surface area contributed by atoms with Crippen LogP contribution in [0, 0.1) is 11.9 Å². The summed E-state index contributed by atoms with van der Waals surface area (Å²) in [5.74, 6) is -0.595. The fourth-order valence-electron chi connectivity index (χ4n) is 1.42. The second-order valence-corrected chi connectivity index (χ2v) is 3.32. The quantitative estimate of drug-likeness (QED) is 0.692. The third kappa shape index (κ3) is 2.43. The molecule has 2 aromatic rings. The number of halogens is 4. The third-order valence-electron chi connectivity index (χ3n) is 2.14. The first-order valence-corrected chi connectivity index (χ1v) is 4.68. The van der Waals surface area contributed by atoms with Crippen LogP contribution in [0.4, 0.5) is 17.6 Å². The number of alkyl halides is 3. The van der Waals surface area contributed by atoms with E-state index in [-0.39, 0.29) is 11.3 Å². The highest BCUT2D eigenvalue weighted by molar-refractivity contribution is 5.63. The minimum Gasteiger partial charge on any atom is -0.253 e. The summed E-state index contributed by atoms with van der Waals surface area (Å²) < 4.78 is 50.7. The molecule has 0 amide bonds. The molecule has 2 rings (SSSR count). The van der Waals surface area contributed by atoms with Gasteiger partial charge in [-0.3, -0.25) is 4.98 Å². The summed E-state index contributed by atoms with van der Waals surface area (Å²) in [6, 6.07) is 8.28. The molecule has 1 aromatic carbocycles. The lowest BCUT2D eigenvalue weighted by molar-refractivity contribution is -0.137. The van der Waals surface area contributed by atoms with Crippen molar-refractivity contribution in [2.24, 2.45) is 0 Å². The average Bonchev–Trinajstić information content (AvgIpc) is 2.29. The van der Waals surface area contributed by atoms with Gasteiger partial charge in [0.05, 0.1) is 17.5 Å². The van der Waals surface area contributed by atoms with Crippen molar-refractivity contribution in [3.63, 3.8) is 0 Å². The summed E-state index contributed by atoms with van der Waals surface area (Å²) >= 11 is 0. The van der Waals surface area contributed by atoms with Crippen molar-refractivity contribution in [3.8, 4) is 11.3 Å². The van der Waals surface area contributed by atoms with Crippen LogP contribution in [-0.2, 0) is 6.18 Å². The predicted molar refractivity (Wildman–Crippen MR) is 53.5 cm³/mol. The van der Waals surface area contributed by atoms with E-state index < -0.39 is 17.6 Å². The largest absolute Gasteiger partial charge is 0.417 e. The molecule has 0 spiro atoms. The van der Waals surface area contributed by atoms with Crippen LogP contribution in [0.3, 0.4) is 0 Å². The zero-order chi connectivity index (χ0) is 12.5. The summed E-state index contributed by atoms with van der Waals surface area (Å²) in [5.41, 5.74) is -0.949. The van der Waals surface area contributed by atoms with Crippen LogP contribution in [0.5, 0.6) is 0 Å². The van der Waals surface area contributed by atoms with Crippen LogP contribution in [0.1, 0.15) is 5.56 Å². The molecule has 0 saturated carbocycles. The Balaban J connectivity index is 2.56. The molecular weight excluding hydrogens is 234 g/mol. The first kappa shape index (κ1) is 11.6. The van der Waals surface area contributed by atoms with Gasteiger partial charge in [-0.2, -0.15) is 13.2 Å². The minimum absolute atomic E-state index is 0.0653. The molecule has 0 unspecified atom stereocenters. The van der Waals surface area contributed by atoms with Gasteiger partial charge in [-0.05, 0) is 18.2 Å². The number of benzene rings is 1. The molecule has 17 heavy (non-hydrogen) atoms. The van der Waals surface area contributed by atoms with Crippen LogP contribution in [0.15, 0.2) is 36.5 Å². The van der Waals surface area contributed by atoms with E-state index >= 15 is 0 Å². The zero-order valence-corrected chi connectivity index (χ0v) is 8.42. The van der Waals surface area contributed by atoms with Crippen molar-refractivity contribution in [3.05, 3.63) is 54.0 Å². The van der Waals surface area contributed by atoms with E-state index in [1.165, 1.54) is 24.3 Å². The SMILES string of the molecule is Fc1ccc(-c2ccc[c]c2C(F)(F)F)nc1. The molecule has 0 saturated heterocycles.